The average Bonchev–Trinajstić information content (AvgIpc) is 2.86. The zero-order valence-corrected chi connectivity index (χ0v) is 22.3. The van der Waals surface area contributed by atoms with Crippen LogP contribution in [0.25, 0.3) is 0 Å². The number of hydrogen-bond donors (Lipinski definition) is 6. The van der Waals surface area contributed by atoms with Gasteiger partial charge in [-0.15, -0.1) is 0 Å². The van der Waals surface area contributed by atoms with E-state index in [2.05, 4.69) is 16.0 Å². The molecule has 7 N–H and O–H groups in total. The third kappa shape index (κ3) is 11.6. The molecule has 3 amide bonds. The molecule has 0 bridgehead atoms. The first-order chi connectivity index (χ1) is 17.5. The number of carboxylic acid groups (broad SMARTS) is 2. The highest BCUT2D eigenvalue weighted by Crippen LogP contribution is 2.11. The van der Waals surface area contributed by atoms with Crippen LogP contribution in [0.3, 0.4) is 0 Å². The second-order valence-electron chi connectivity index (χ2n) is 8.84. The van der Waals surface area contributed by atoms with Gasteiger partial charge in [-0.05, 0) is 42.8 Å². The Labute approximate surface area is 221 Å². The summed E-state index contributed by atoms with van der Waals surface area (Å²) in [7, 11) is 0. The molecule has 0 saturated carbocycles. The molecule has 37 heavy (non-hydrogen) atoms. The SMILES string of the molecule is CCC(C)C(NC(=O)C(N)Cc1ccccc1)C(=O)NC(CCC(=O)O)C(=O)NC(CCSC)C(=O)O. The maximum Gasteiger partial charge on any atom is 0.326 e. The van der Waals surface area contributed by atoms with Gasteiger partial charge in [-0.25, -0.2) is 4.79 Å². The molecule has 0 heterocycles. The normalized spacial score (nSPS) is 14.9. The molecule has 0 aliphatic heterocycles. The van der Waals surface area contributed by atoms with E-state index in [1.165, 1.54) is 11.8 Å². The van der Waals surface area contributed by atoms with Crippen LogP contribution >= 0.6 is 11.8 Å². The van der Waals surface area contributed by atoms with Crippen molar-refractivity contribution in [3.05, 3.63) is 35.9 Å². The van der Waals surface area contributed by atoms with E-state index < -0.39 is 60.2 Å². The summed E-state index contributed by atoms with van der Waals surface area (Å²) < 4.78 is 0. The van der Waals surface area contributed by atoms with E-state index in [0.29, 0.717) is 12.2 Å². The highest BCUT2D eigenvalue weighted by molar-refractivity contribution is 7.98. The van der Waals surface area contributed by atoms with Gasteiger partial charge in [0.1, 0.15) is 18.1 Å². The maximum atomic E-state index is 13.2. The molecule has 1 aromatic carbocycles. The Morgan fingerprint density at radius 2 is 1.54 bits per heavy atom. The van der Waals surface area contributed by atoms with Crippen molar-refractivity contribution in [1.82, 2.24) is 16.0 Å². The first-order valence-corrected chi connectivity index (χ1v) is 13.5. The summed E-state index contributed by atoms with van der Waals surface area (Å²) in [6.45, 7) is 3.58. The van der Waals surface area contributed by atoms with Gasteiger partial charge in [0.25, 0.3) is 0 Å². The highest BCUT2D eigenvalue weighted by atomic mass is 32.2. The lowest BCUT2D eigenvalue weighted by atomic mass is 9.96. The molecule has 0 saturated heterocycles. The zero-order chi connectivity index (χ0) is 28.0. The molecule has 0 radical (unpaired) electrons. The van der Waals surface area contributed by atoms with Gasteiger partial charge in [0.05, 0.1) is 6.04 Å². The molecule has 5 unspecified atom stereocenters. The second-order valence-corrected chi connectivity index (χ2v) is 9.83. The first kappa shape index (κ1) is 31.9. The van der Waals surface area contributed by atoms with E-state index in [1.54, 1.807) is 13.2 Å². The third-order valence-electron chi connectivity index (χ3n) is 5.93. The van der Waals surface area contributed by atoms with Gasteiger partial charge in [0.2, 0.25) is 17.7 Å². The van der Waals surface area contributed by atoms with Crippen LogP contribution in [0.4, 0.5) is 0 Å². The number of carbonyl (C=O) groups is 5. The highest BCUT2D eigenvalue weighted by Gasteiger charge is 2.32. The van der Waals surface area contributed by atoms with Crippen LogP contribution in [0.1, 0.15) is 45.1 Å². The number of nitrogens with one attached hydrogen (secondary N) is 3. The molecule has 5 atom stereocenters. The van der Waals surface area contributed by atoms with Crippen LogP contribution in [0.15, 0.2) is 30.3 Å². The van der Waals surface area contributed by atoms with Gasteiger partial charge in [-0.3, -0.25) is 19.2 Å². The van der Waals surface area contributed by atoms with E-state index in [0.717, 1.165) is 5.56 Å². The lowest BCUT2D eigenvalue weighted by molar-refractivity contribution is -0.143. The molecule has 0 spiro atoms. The lowest BCUT2D eigenvalue weighted by Gasteiger charge is -2.28. The summed E-state index contributed by atoms with van der Waals surface area (Å²) in [5.41, 5.74) is 6.92. The van der Waals surface area contributed by atoms with Gasteiger partial charge in [-0.1, -0.05) is 50.6 Å². The maximum absolute atomic E-state index is 13.2. The molecule has 1 aromatic rings. The van der Waals surface area contributed by atoms with Crippen LogP contribution < -0.4 is 21.7 Å². The largest absolute Gasteiger partial charge is 0.481 e. The first-order valence-electron chi connectivity index (χ1n) is 12.1. The van der Waals surface area contributed by atoms with E-state index in [4.69, 9.17) is 10.8 Å². The van der Waals surface area contributed by atoms with Crippen LogP contribution in [-0.2, 0) is 30.4 Å². The molecular weight excluding hydrogens is 500 g/mol. The molecule has 0 aromatic heterocycles. The average molecular weight is 539 g/mol. The van der Waals surface area contributed by atoms with Crippen molar-refractivity contribution in [1.29, 1.82) is 0 Å². The number of nitrogens with two attached hydrogens (primary N) is 1. The number of rotatable bonds is 17. The van der Waals surface area contributed by atoms with Gasteiger partial charge >= 0.3 is 11.9 Å². The smallest absolute Gasteiger partial charge is 0.326 e. The number of benzene rings is 1. The minimum Gasteiger partial charge on any atom is -0.481 e. The van der Waals surface area contributed by atoms with Crippen molar-refractivity contribution in [2.24, 2.45) is 11.7 Å². The molecule has 0 aliphatic carbocycles. The van der Waals surface area contributed by atoms with Crippen molar-refractivity contribution >= 4 is 41.4 Å². The number of hydrogen-bond acceptors (Lipinski definition) is 7. The Hall–Kier alpha value is -3.12. The molecule has 0 fully saturated rings. The van der Waals surface area contributed by atoms with Crippen LogP contribution in [0, 0.1) is 5.92 Å². The number of aliphatic carboxylic acids is 2. The number of thioether (sulfide) groups is 1. The van der Waals surface area contributed by atoms with E-state index in [9.17, 15) is 29.1 Å². The fraction of sp³-hybridized carbons (Fsp3) is 0.560. The number of carbonyl (C=O) groups excluding carboxylic acids is 3. The predicted octanol–water partition coefficient (Wildman–Crippen LogP) is 0.759. The fourth-order valence-corrected chi connectivity index (χ4v) is 3.96. The Kier molecular flexibility index (Phi) is 14.3. The number of amides is 3. The summed E-state index contributed by atoms with van der Waals surface area (Å²) in [4.78, 5) is 61.5. The van der Waals surface area contributed by atoms with Crippen LogP contribution in [0.2, 0.25) is 0 Å². The monoisotopic (exact) mass is 538 g/mol. The zero-order valence-electron chi connectivity index (χ0n) is 21.4. The van der Waals surface area contributed by atoms with Crippen molar-refractivity contribution in [3.63, 3.8) is 0 Å². The Bertz CT molecular complexity index is 916. The van der Waals surface area contributed by atoms with E-state index >= 15 is 0 Å². The van der Waals surface area contributed by atoms with Crippen molar-refractivity contribution in [2.75, 3.05) is 12.0 Å². The number of carboxylic acids is 2. The summed E-state index contributed by atoms with van der Waals surface area (Å²) in [5.74, 6) is -4.29. The topological polar surface area (TPSA) is 188 Å². The van der Waals surface area contributed by atoms with Crippen LogP contribution in [0.5, 0.6) is 0 Å². The van der Waals surface area contributed by atoms with Gasteiger partial charge in [0.15, 0.2) is 0 Å². The summed E-state index contributed by atoms with van der Waals surface area (Å²) >= 11 is 1.41. The Balaban J connectivity index is 2.99. The van der Waals surface area contributed by atoms with Crippen molar-refractivity contribution < 1.29 is 34.2 Å². The lowest BCUT2D eigenvalue weighted by Crippen LogP contribution is -2.58. The molecular formula is C25H38N4O7S. The Morgan fingerprint density at radius 3 is 2.08 bits per heavy atom. The van der Waals surface area contributed by atoms with E-state index in [-0.39, 0.29) is 25.2 Å². The Morgan fingerprint density at radius 1 is 0.919 bits per heavy atom. The summed E-state index contributed by atoms with van der Waals surface area (Å²) in [6.07, 6.45) is 2.06. The third-order valence-corrected chi connectivity index (χ3v) is 6.58. The standard InChI is InChI=1S/C25H38N4O7S/c1-4-15(2)21(29-22(32)17(26)14-16-8-6-5-7-9-16)24(34)27-18(10-11-20(30)31)23(33)28-19(25(35)36)12-13-37-3/h5-9,15,17-19,21H,4,10-14,26H2,1-3H3,(H,27,34)(H,28,33)(H,29,32)(H,30,31)(H,35,36). The van der Waals surface area contributed by atoms with E-state index in [1.807, 2.05) is 37.3 Å². The summed E-state index contributed by atoms with van der Waals surface area (Å²) in [6, 6.07) is 4.72. The molecule has 1 rings (SSSR count). The van der Waals surface area contributed by atoms with Gasteiger partial charge in [0, 0.05) is 6.42 Å². The van der Waals surface area contributed by atoms with Gasteiger partial charge in [-0.2, -0.15) is 11.8 Å². The van der Waals surface area contributed by atoms with Crippen LogP contribution in [-0.4, -0.2) is 76.0 Å². The second kappa shape index (κ2) is 16.6. The molecule has 12 heteroatoms. The minimum absolute atomic E-state index is 0.159. The molecule has 0 aliphatic rings. The predicted molar refractivity (Wildman–Crippen MR) is 141 cm³/mol. The molecule has 11 nitrogen and oxygen atoms in total. The quantitative estimate of drug-likeness (QED) is 0.166. The summed E-state index contributed by atoms with van der Waals surface area (Å²) in [5, 5.41) is 26.1. The van der Waals surface area contributed by atoms with Crippen molar-refractivity contribution in [2.45, 2.75) is 70.1 Å². The fourth-order valence-electron chi connectivity index (χ4n) is 3.49. The molecule has 206 valence electrons. The minimum atomic E-state index is -1.30. The van der Waals surface area contributed by atoms with Crippen molar-refractivity contribution in [3.8, 4) is 0 Å². The van der Waals surface area contributed by atoms with Gasteiger partial charge < -0.3 is 31.9 Å².